The topological polar surface area (TPSA) is 44.9 Å². The van der Waals surface area contributed by atoms with E-state index in [0.717, 1.165) is 40.6 Å². The molecule has 2 aromatic carbocycles. The fourth-order valence-corrected chi connectivity index (χ4v) is 3.64. The van der Waals surface area contributed by atoms with E-state index in [1.807, 2.05) is 43.3 Å². The number of aromatic nitrogens is 1. The van der Waals surface area contributed by atoms with Gasteiger partial charge in [0.2, 0.25) is 5.91 Å². The van der Waals surface area contributed by atoms with Gasteiger partial charge in [-0.15, -0.1) is 0 Å². The van der Waals surface area contributed by atoms with Gasteiger partial charge in [-0.05, 0) is 43.0 Å². The van der Waals surface area contributed by atoms with Crippen LogP contribution in [-0.2, 0) is 16.6 Å². The lowest BCUT2D eigenvalue weighted by atomic mass is 9.95. The van der Waals surface area contributed by atoms with Crippen LogP contribution < -0.4 is 5.32 Å². The van der Waals surface area contributed by atoms with Crippen LogP contribution in [0.25, 0.3) is 10.9 Å². The van der Waals surface area contributed by atoms with Gasteiger partial charge in [-0.1, -0.05) is 36.4 Å². The summed E-state index contributed by atoms with van der Waals surface area (Å²) in [5.41, 5.74) is 3.60. The van der Waals surface area contributed by atoms with Gasteiger partial charge in [0.05, 0.1) is 6.42 Å². The fraction of sp³-hybridized carbons (Fsp3) is 0.286. The molecule has 0 spiro atoms. The van der Waals surface area contributed by atoms with Crippen LogP contribution in [0, 0.1) is 12.7 Å². The van der Waals surface area contributed by atoms with Crippen molar-refractivity contribution in [3.05, 3.63) is 71.2 Å². The maximum atomic E-state index is 14.1. The molecule has 3 nitrogen and oxygen atoms in total. The van der Waals surface area contributed by atoms with Gasteiger partial charge in [0.25, 0.3) is 0 Å². The molecule has 25 heavy (non-hydrogen) atoms. The Morgan fingerprint density at radius 3 is 2.64 bits per heavy atom. The van der Waals surface area contributed by atoms with E-state index < -0.39 is 0 Å². The third-order valence-electron chi connectivity index (χ3n) is 5.29. The Morgan fingerprint density at radius 2 is 1.88 bits per heavy atom. The van der Waals surface area contributed by atoms with Crippen molar-refractivity contribution >= 4 is 16.8 Å². The second-order valence-corrected chi connectivity index (χ2v) is 6.99. The maximum Gasteiger partial charge on any atom is 0.224 e. The number of halogens is 1. The van der Waals surface area contributed by atoms with Crippen LogP contribution in [0.2, 0.25) is 0 Å². The summed E-state index contributed by atoms with van der Waals surface area (Å²) in [4.78, 5) is 15.8. The highest BCUT2D eigenvalue weighted by atomic mass is 19.1. The summed E-state index contributed by atoms with van der Waals surface area (Å²) < 4.78 is 14.1. The first-order valence-corrected chi connectivity index (χ1v) is 8.67. The normalized spacial score (nSPS) is 15.3. The molecule has 128 valence electrons. The average molecular weight is 336 g/mol. The molecule has 1 aromatic heterocycles. The van der Waals surface area contributed by atoms with Crippen LogP contribution in [0.5, 0.6) is 0 Å². The van der Waals surface area contributed by atoms with Crippen molar-refractivity contribution in [2.24, 2.45) is 0 Å². The quantitative estimate of drug-likeness (QED) is 0.726. The summed E-state index contributed by atoms with van der Waals surface area (Å²) in [6.07, 6.45) is 2.17. The highest BCUT2D eigenvalue weighted by molar-refractivity contribution is 5.90. The second-order valence-electron chi connectivity index (χ2n) is 6.99. The van der Waals surface area contributed by atoms with Gasteiger partial charge in [0, 0.05) is 28.6 Å². The monoisotopic (exact) mass is 336 g/mol. The zero-order valence-corrected chi connectivity index (χ0v) is 14.2. The Hall–Kier alpha value is -2.62. The number of benzene rings is 2. The van der Waals surface area contributed by atoms with Gasteiger partial charge in [0.1, 0.15) is 5.82 Å². The SMILES string of the molecule is Cc1[nH]c2ccccc2c1CC(=O)NCC1(c2ccccc2F)CC1. The smallest absolute Gasteiger partial charge is 0.224 e. The summed E-state index contributed by atoms with van der Waals surface area (Å²) in [5.74, 6) is -0.197. The van der Waals surface area contributed by atoms with Crippen molar-refractivity contribution in [2.75, 3.05) is 6.54 Å². The van der Waals surface area contributed by atoms with Crippen molar-refractivity contribution in [3.8, 4) is 0 Å². The average Bonchev–Trinajstić information content (AvgIpc) is 3.33. The first-order valence-electron chi connectivity index (χ1n) is 8.67. The van der Waals surface area contributed by atoms with Crippen LogP contribution in [-0.4, -0.2) is 17.4 Å². The van der Waals surface area contributed by atoms with Crippen molar-refractivity contribution < 1.29 is 9.18 Å². The molecular weight excluding hydrogens is 315 g/mol. The lowest BCUT2D eigenvalue weighted by Gasteiger charge is -2.17. The predicted molar refractivity (Wildman–Crippen MR) is 97.1 cm³/mol. The van der Waals surface area contributed by atoms with Gasteiger partial charge in [0.15, 0.2) is 0 Å². The van der Waals surface area contributed by atoms with Gasteiger partial charge in [-0.3, -0.25) is 4.79 Å². The summed E-state index contributed by atoms with van der Waals surface area (Å²) >= 11 is 0. The fourth-order valence-electron chi connectivity index (χ4n) is 3.64. The lowest BCUT2D eigenvalue weighted by Crippen LogP contribution is -2.33. The molecule has 4 heteroatoms. The highest BCUT2D eigenvalue weighted by Gasteiger charge is 2.45. The van der Waals surface area contributed by atoms with E-state index in [1.165, 1.54) is 6.07 Å². The summed E-state index contributed by atoms with van der Waals surface area (Å²) in [6, 6.07) is 14.9. The number of H-pyrrole nitrogens is 1. The van der Waals surface area contributed by atoms with Crippen molar-refractivity contribution in [1.29, 1.82) is 0 Å². The number of carbonyl (C=O) groups is 1. The first-order chi connectivity index (χ1) is 12.1. The minimum absolute atomic E-state index is 0.0181. The number of nitrogens with one attached hydrogen (secondary N) is 2. The number of aryl methyl sites for hydroxylation is 1. The van der Waals surface area contributed by atoms with Crippen molar-refractivity contribution in [1.82, 2.24) is 10.3 Å². The highest BCUT2D eigenvalue weighted by Crippen LogP contribution is 2.48. The number of amides is 1. The molecule has 0 atom stereocenters. The standard InChI is InChI=1S/C21H21FN2O/c1-14-16(15-6-2-5-9-19(15)24-14)12-20(25)23-13-21(10-11-21)17-7-3-4-8-18(17)22/h2-9,24H,10-13H2,1H3,(H,23,25). The number of fused-ring (bicyclic) bond motifs is 1. The molecule has 1 fully saturated rings. The van der Waals surface area contributed by atoms with E-state index >= 15 is 0 Å². The Kier molecular flexibility index (Phi) is 3.83. The first kappa shape index (κ1) is 15.9. The molecule has 0 bridgehead atoms. The van der Waals surface area contributed by atoms with Crippen molar-refractivity contribution in [2.45, 2.75) is 31.6 Å². The Bertz CT molecular complexity index is 940. The van der Waals surface area contributed by atoms with E-state index in [4.69, 9.17) is 0 Å². The minimum atomic E-state index is -0.226. The largest absolute Gasteiger partial charge is 0.358 e. The molecule has 3 aromatic rings. The zero-order chi connectivity index (χ0) is 17.4. The molecule has 1 saturated carbocycles. The molecule has 1 amide bonds. The molecule has 2 N–H and O–H groups in total. The summed E-state index contributed by atoms with van der Waals surface area (Å²) in [7, 11) is 0. The van der Waals surface area contributed by atoms with E-state index in [1.54, 1.807) is 6.07 Å². The third kappa shape index (κ3) is 2.93. The summed E-state index contributed by atoms with van der Waals surface area (Å²) in [6.45, 7) is 2.48. The second kappa shape index (κ2) is 6.03. The minimum Gasteiger partial charge on any atom is -0.358 e. The van der Waals surface area contributed by atoms with Crippen LogP contribution in [0.4, 0.5) is 4.39 Å². The Morgan fingerprint density at radius 1 is 1.16 bits per heavy atom. The molecule has 0 radical (unpaired) electrons. The van der Waals surface area contributed by atoms with E-state index in [0.29, 0.717) is 13.0 Å². The van der Waals surface area contributed by atoms with Crippen LogP contribution >= 0.6 is 0 Å². The van der Waals surface area contributed by atoms with Crippen LogP contribution in [0.3, 0.4) is 0 Å². The zero-order valence-electron chi connectivity index (χ0n) is 14.2. The lowest BCUT2D eigenvalue weighted by molar-refractivity contribution is -0.120. The molecule has 1 aliphatic rings. The number of hydrogen-bond donors (Lipinski definition) is 2. The molecule has 1 heterocycles. The number of aromatic amines is 1. The molecule has 1 aliphatic carbocycles. The predicted octanol–water partition coefficient (Wildman–Crippen LogP) is 4.01. The van der Waals surface area contributed by atoms with Crippen LogP contribution in [0.15, 0.2) is 48.5 Å². The van der Waals surface area contributed by atoms with Gasteiger partial charge < -0.3 is 10.3 Å². The van der Waals surface area contributed by atoms with Gasteiger partial charge >= 0.3 is 0 Å². The van der Waals surface area contributed by atoms with E-state index in [-0.39, 0.29) is 17.1 Å². The molecule has 0 unspecified atom stereocenters. The number of hydrogen-bond acceptors (Lipinski definition) is 1. The molecular formula is C21H21FN2O. The Labute approximate surface area is 146 Å². The molecule has 0 aliphatic heterocycles. The molecule has 0 saturated heterocycles. The molecule has 4 rings (SSSR count). The third-order valence-corrected chi connectivity index (χ3v) is 5.29. The number of para-hydroxylation sites is 1. The number of rotatable bonds is 5. The maximum absolute atomic E-state index is 14.1. The number of carbonyl (C=O) groups excluding carboxylic acids is 1. The van der Waals surface area contributed by atoms with Crippen molar-refractivity contribution in [3.63, 3.8) is 0 Å². The summed E-state index contributed by atoms with van der Waals surface area (Å²) in [5, 5.41) is 4.11. The van der Waals surface area contributed by atoms with Gasteiger partial charge in [-0.2, -0.15) is 0 Å². The van der Waals surface area contributed by atoms with Gasteiger partial charge in [-0.25, -0.2) is 4.39 Å². The van der Waals surface area contributed by atoms with Crippen LogP contribution in [0.1, 0.15) is 29.7 Å². The Balaban J connectivity index is 1.46. The van der Waals surface area contributed by atoms with E-state index in [9.17, 15) is 9.18 Å². The van der Waals surface area contributed by atoms with E-state index in [2.05, 4.69) is 10.3 Å².